The Morgan fingerprint density at radius 3 is 2.62 bits per heavy atom. The van der Waals surface area contributed by atoms with Crippen molar-refractivity contribution >= 4 is 11.8 Å². The van der Waals surface area contributed by atoms with Crippen LogP contribution in [0.25, 0.3) is 0 Å². The molecule has 114 valence electrons. The number of aromatic carboxylic acids is 1. The Labute approximate surface area is 125 Å². The molecule has 5 heteroatoms. The van der Waals surface area contributed by atoms with E-state index in [4.69, 9.17) is 0 Å². The molecule has 0 radical (unpaired) electrons. The van der Waals surface area contributed by atoms with Crippen molar-refractivity contribution in [3.8, 4) is 0 Å². The number of aromatic nitrogens is 1. The van der Waals surface area contributed by atoms with Gasteiger partial charge in [-0.1, -0.05) is 6.42 Å². The van der Waals surface area contributed by atoms with Gasteiger partial charge < -0.3 is 15.3 Å². The lowest BCUT2D eigenvalue weighted by atomic mass is 9.82. The third-order valence-electron chi connectivity index (χ3n) is 4.95. The lowest BCUT2D eigenvalue weighted by Gasteiger charge is -2.47. The van der Waals surface area contributed by atoms with E-state index < -0.39 is 5.97 Å². The van der Waals surface area contributed by atoms with Gasteiger partial charge in [0.25, 0.3) is 0 Å². The Hall–Kier alpha value is -1.62. The summed E-state index contributed by atoms with van der Waals surface area (Å²) in [5, 5.41) is 12.7. The molecule has 2 unspecified atom stereocenters. The Bertz CT molecular complexity index is 532. The first kappa shape index (κ1) is 14.3. The third kappa shape index (κ3) is 2.88. The van der Waals surface area contributed by atoms with E-state index in [1.165, 1.54) is 19.3 Å². The molecule has 1 aromatic rings. The Morgan fingerprint density at radius 1 is 1.33 bits per heavy atom. The summed E-state index contributed by atoms with van der Waals surface area (Å²) in [6, 6.07) is 4.95. The van der Waals surface area contributed by atoms with Gasteiger partial charge in [0.2, 0.25) is 0 Å². The molecule has 0 amide bonds. The monoisotopic (exact) mass is 289 g/mol. The number of pyridine rings is 1. The molecule has 2 bridgehead atoms. The molecule has 0 aliphatic carbocycles. The first-order valence-corrected chi connectivity index (χ1v) is 7.74. The number of nitrogens with one attached hydrogen (secondary N) is 1. The van der Waals surface area contributed by atoms with Crippen LogP contribution in [-0.2, 0) is 0 Å². The quantitative estimate of drug-likeness (QED) is 0.895. The lowest BCUT2D eigenvalue weighted by Crippen LogP contribution is -2.52. The predicted octanol–water partition coefficient (Wildman–Crippen LogP) is 2.52. The Balaban J connectivity index is 1.78. The standard InChI is InChI=1S/C16H23N3O2/c1-10-6-7-14(16(20)21)15(17-10)18-11-8-12-4-3-5-13(9-11)19(12)2/h6-7,11-13H,3-5,8-9H2,1-2H3,(H,17,18)(H,20,21). The topological polar surface area (TPSA) is 65.5 Å². The fraction of sp³-hybridized carbons (Fsp3) is 0.625. The maximum atomic E-state index is 11.3. The van der Waals surface area contributed by atoms with Crippen molar-refractivity contribution in [2.24, 2.45) is 0 Å². The van der Waals surface area contributed by atoms with Crippen molar-refractivity contribution in [1.29, 1.82) is 0 Å². The summed E-state index contributed by atoms with van der Waals surface area (Å²) >= 11 is 0. The van der Waals surface area contributed by atoms with E-state index in [1.807, 2.05) is 6.92 Å². The van der Waals surface area contributed by atoms with Gasteiger partial charge in [-0.3, -0.25) is 0 Å². The summed E-state index contributed by atoms with van der Waals surface area (Å²) in [4.78, 5) is 18.2. The molecule has 3 heterocycles. The van der Waals surface area contributed by atoms with Gasteiger partial charge in [-0.05, 0) is 51.8 Å². The maximum absolute atomic E-state index is 11.3. The van der Waals surface area contributed by atoms with Crippen LogP contribution in [0.15, 0.2) is 12.1 Å². The second-order valence-corrected chi connectivity index (χ2v) is 6.37. The van der Waals surface area contributed by atoms with Gasteiger partial charge in [-0.25, -0.2) is 9.78 Å². The molecular formula is C16H23N3O2. The number of rotatable bonds is 3. The zero-order valence-corrected chi connectivity index (χ0v) is 12.7. The highest BCUT2D eigenvalue weighted by atomic mass is 16.4. The molecule has 2 atom stereocenters. The fourth-order valence-corrected chi connectivity index (χ4v) is 3.77. The summed E-state index contributed by atoms with van der Waals surface area (Å²) < 4.78 is 0. The van der Waals surface area contributed by atoms with E-state index in [-0.39, 0.29) is 5.56 Å². The van der Waals surface area contributed by atoms with E-state index in [1.54, 1.807) is 12.1 Å². The van der Waals surface area contributed by atoms with Crippen LogP contribution in [0.2, 0.25) is 0 Å². The zero-order valence-electron chi connectivity index (χ0n) is 12.7. The minimum absolute atomic E-state index is 0.268. The summed E-state index contributed by atoms with van der Waals surface area (Å²) in [5.74, 6) is -0.395. The van der Waals surface area contributed by atoms with Crippen LogP contribution < -0.4 is 5.32 Å². The van der Waals surface area contributed by atoms with Crippen LogP contribution in [0.1, 0.15) is 48.2 Å². The Kier molecular flexibility index (Phi) is 3.85. The molecule has 2 aliphatic heterocycles. The minimum atomic E-state index is -0.918. The lowest BCUT2D eigenvalue weighted by molar-refractivity contribution is 0.0606. The van der Waals surface area contributed by atoms with Crippen molar-refractivity contribution in [3.05, 3.63) is 23.4 Å². The largest absolute Gasteiger partial charge is 0.478 e. The molecule has 2 fully saturated rings. The van der Waals surface area contributed by atoms with Gasteiger partial charge in [0.15, 0.2) is 0 Å². The van der Waals surface area contributed by atoms with Crippen molar-refractivity contribution < 1.29 is 9.90 Å². The molecule has 2 aliphatic rings. The summed E-state index contributed by atoms with van der Waals surface area (Å²) in [6.07, 6.45) is 5.95. The highest BCUT2D eigenvalue weighted by molar-refractivity contribution is 5.93. The van der Waals surface area contributed by atoms with Crippen molar-refractivity contribution in [3.63, 3.8) is 0 Å². The second-order valence-electron chi connectivity index (χ2n) is 6.37. The van der Waals surface area contributed by atoms with Gasteiger partial charge in [-0.15, -0.1) is 0 Å². The fourth-order valence-electron chi connectivity index (χ4n) is 3.77. The third-order valence-corrected chi connectivity index (χ3v) is 4.95. The number of hydrogen-bond acceptors (Lipinski definition) is 4. The second kappa shape index (κ2) is 5.64. The van der Waals surface area contributed by atoms with Crippen LogP contribution in [0.4, 0.5) is 5.82 Å². The summed E-state index contributed by atoms with van der Waals surface area (Å²) in [5.41, 5.74) is 1.11. The van der Waals surface area contributed by atoms with Gasteiger partial charge in [0.1, 0.15) is 11.4 Å². The normalized spacial score (nSPS) is 29.1. The van der Waals surface area contributed by atoms with E-state index in [2.05, 4.69) is 22.2 Å². The molecule has 0 spiro atoms. The number of carbonyl (C=O) groups is 1. The SMILES string of the molecule is Cc1ccc(C(=O)O)c(NC2CC3CCCC(C2)N3C)n1. The maximum Gasteiger partial charge on any atom is 0.339 e. The number of carboxylic acid groups (broad SMARTS) is 1. The van der Waals surface area contributed by atoms with Gasteiger partial charge in [0.05, 0.1) is 0 Å². The van der Waals surface area contributed by atoms with Crippen molar-refractivity contribution in [2.75, 3.05) is 12.4 Å². The van der Waals surface area contributed by atoms with Crippen LogP contribution in [-0.4, -0.2) is 46.1 Å². The number of aryl methyl sites for hydroxylation is 1. The number of piperidine rings is 2. The van der Waals surface area contributed by atoms with Crippen LogP contribution in [0, 0.1) is 6.92 Å². The van der Waals surface area contributed by atoms with Gasteiger partial charge in [-0.2, -0.15) is 0 Å². The zero-order chi connectivity index (χ0) is 15.0. The van der Waals surface area contributed by atoms with Crippen LogP contribution >= 0.6 is 0 Å². The van der Waals surface area contributed by atoms with Gasteiger partial charge in [0, 0.05) is 23.8 Å². The number of anilines is 1. The van der Waals surface area contributed by atoms with Gasteiger partial charge >= 0.3 is 5.97 Å². The first-order valence-electron chi connectivity index (χ1n) is 7.74. The first-order chi connectivity index (χ1) is 10.0. The molecule has 0 aromatic carbocycles. The average Bonchev–Trinajstić information content (AvgIpc) is 2.39. The smallest absolute Gasteiger partial charge is 0.339 e. The molecule has 2 N–H and O–H groups in total. The molecule has 21 heavy (non-hydrogen) atoms. The van der Waals surface area contributed by atoms with Crippen molar-refractivity contribution in [1.82, 2.24) is 9.88 Å². The number of nitrogens with zero attached hydrogens (tertiary/aromatic N) is 2. The van der Waals surface area contributed by atoms with Crippen molar-refractivity contribution in [2.45, 2.75) is 57.2 Å². The molecule has 5 nitrogen and oxygen atoms in total. The number of hydrogen-bond donors (Lipinski definition) is 2. The number of fused-ring (bicyclic) bond motifs is 2. The molecule has 1 aromatic heterocycles. The number of carboxylic acids is 1. The average molecular weight is 289 g/mol. The molecular weight excluding hydrogens is 266 g/mol. The van der Waals surface area contributed by atoms with Crippen LogP contribution in [0.3, 0.4) is 0 Å². The molecule has 0 saturated carbocycles. The van der Waals surface area contributed by atoms with Crippen LogP contribution in [0.5, 0.6) is 0 Å². The summed E-state index contributed by atoms with van der Waals surface area (Å²) in [7, 11) is 2.22. The highest BCUT2D eigenvalue weighted by Crippen LogP contribution is 2.34. The van der Waals surface area contributed by atoms with E-state index in [0.717, 1.165) is 18.5 Å². The molecule has 3 rings (SSSR count). The highest BCUT2D eigenvalue weighted by Gasteiger charge is 2.36. The molecule has 2 saturated heterocycles. The van der Waals surface area contributed by atoms with E-state index in [0.29, 0.717) is 23.9 Å². The van der Waals surface area contributed by atoms with E-state index >= 15 is 0 Å². The Morgan fingerprint density at radius 2 is 2.00 bits per heavy atom. The minimum Gasteiger partial charge on any atom is -0.478 e. The predicted molar refractivity (Wildman–Crippen MR) is 81.8 cm³/mol. The summed E-state index contributed by atoms with van der Waals surface area (Å²) in [6.45, 7) is 1.89. The van der Waals surface area contributed by atoms with E-state index in [9.17, 15) is 9.90 Å².